The molecule has 0 aliphatic carbocycles. The number of nitrogens with zero attached hydrogens (tertiary/aromatic N) is 1. The van der Waals surface area contributed by atoms with Crippen molar-refractivity contribution >= 4 is 40.8 Å². The number of carbonyl (C=O) groups is 1. The molecule has 0 aromatic carbocycles. The second-order valence-corrected chi connectivity index (χ2v) is 3.98. The molecule has 0 spiro atoms. The van der Waals surface area contributed by atoms with Crippen LogP contribution in [0.5, 0.6) is 5.88 Å². The lowest BCUT2D eigenvalue weighted by atomic mass is 10.5. The van der Waals surface area contributed by atoms with Crippen LogP contribution in [0.15, 0.2) is 18.7 Å². The minimum Gasteiger partial charge on any atom is -0.465 e. The number of rotatable bonds is 5. The van der Waals surface area contributed by atoms with E-state index in [2.05, 4.69) is 11.6 Å². The highest BCUT2D eigenvalue weighted by molar-refractivity contribution is 6.42. The predicted molar refractivity (Wildman–Crippen MR) is 65.9 cm³/mol. The van der Waals surface area contributed by atoms with E-state index < -0.39 is 5.97 Å². The van der Waals surface area contributed by atoms with E-state index in [0.29, 0.717) is 0 Å². The van der Waals surface area contributed by atoms with Crippen molar-refractivity contribution in [2.24, 2.45) is 0 Å². The minimum atomic E-state index is -0.561. The first-order valence-corrected chi connectivity index (χ1v) is 5.59. The molecule has 0 bridgehead atoms. The fraction of sp³-hybridized carbons (Fsp3) is 0.200. The number of halogens is 3. The molecule has 0 aliphatic heterocycles. The normalized spacial score (nSPS) is 9.82. The molecule has 1 heterocycles. The van der Waals surface area contributed by atoms with Gasteiger partial charge in [0.2, 0.25) is 5.88 Å². The molecular weight excluding hydrogens is 288 g/mol. The minimum absolute atomic E-state index is 0.0246. The van der Waals surface area contributed by atoms with E-state index in [1.165, 1.54) is 12.1 Å². The zero-order valence-corrected chi connectivity index (χ0v) is 10.8. The van der Waals surface area contributed by atoms with Gasteiger partial charge in [-0.2, -0.15) is 4.98 Å². The Kier molecular flexibility index (Phi) is 5.55. The van der Waals surface area contributed by atoms with Crippen molar-refractivity contribution < 1.29 is 14.3 Å². The summed E-state index contributed by atoms with van der Waals surface area (Å²) in [5.74, 6) is -0.537. The highest BCUT2D eigenvalue weighted by atomic mass is 35.5. The summed E-state index contributed by atoms with van der Waals surface area (Å²) in [5, 5.41) is 0.416. The van der Waals surface area contributed by atoms with Gasteiger partial charge >= 0.3 is 5.97 Å². The van der Waals surface area contributed by atoms with Crippen LogP contribution < -0.4 is 4.74 Å². The molecule has 0 fully saturated rings. The van der Waals surface area contributed by atoms with Crippen LogP contribution in [0, 0.1) is 0 Å². The summed E-state index contributed by atoms with van der Waals surface area (Å²) in [5.41, 5.74) is 0. The Bertz CT molecular complexity index is 437. The Morgan fingerprint density at radius 2 is 2.12 bits per heavy atom. The maximum Gasteiger partial charge on any atom is 0.344 e. The molecule has 4 nitrogen and oxygen atoms in total. The highest BCUT2D eigenvalue weighted by Gasteiger charge is 2.11. The molecule has 0 saturated carbocycles. The van der Waals surface area contributed by atoms with Crippen molar-refractivity contribution in [3.8, 4) is 5.88 Å². The van der Waals surface area contributed by atoms with Gasteiger partial charge in [0.25, 0.3) is 0 Å². The van der Waals surface area contributed by atoms with E-state index in [1.54, 1.807) is 0 Å². The van der Waals surface area contributed by atoms with Crippen LogP contribution in [0.1, 0.15) is 0 Å². The molecular formula is C10H8Cl3NO3. The van der Waals surface area contributed by atoms with E-state index >= 15 is 0 Å². The van der Waals surface area contributed by atoms with Gasteiger partial charge in [0.1, 0.15) is 11.6 Å². The SMILES string of the molecule is C=CCOC(=O)COc1nc(Cl)c(Cl)cc1Cl. The second-order valence-electron chi connectivity index (χ2n) is 2.81. The van der Waals surface area contributed by atoms with Gasteiger partial charge in [0.05, 0.1) is 5.02 Å². The lowest BCUT2D eigenvalue weighted by Crippen LogP contribution is -2.15. The average Bonchev–Trinajstić information content (AvgIpc) is 2.29. The smallest absolute Gasteiger partial charge is 0.344 e. The first-order chi connectivity index (χ1) is 8.04. The largest absolute Gasteiger partial charge is 0.465 e. The van der Waals surface area contributed by atoms with Gasteiger partial charge in [0, 0.05) is 0 Å². The number of pyridine rings is 1. The van der Waals surface area contributed by atoms with E-state index in [1.807, 2.05) is 0 Å². The number of carbonyl (C=O) groups excluding carboxylic acids is 1. The molecule has 1 aromatic heterocycles. The number of aromatic nitrogens is 1. The zero-order chi connectivity index (χ0) is 12.8. The van der Waals surface area contributed by atoms with E-state index in [4.69, 9.17) is 44.3 Å². The Hall–Kier alpha value is -0.970. The summed E-state index contributed by atoms with van der Waals surface area (Å²) in [7, 11) is 0. The van der Waals surface area contributed by atoms with Gasteiger partial charge in [-0.1, -0.05) is 47.5 Å². The first-order valence-electron chi connectivity index (χ1n) is 4.45. The van der Waals surface area contributed by atoms with Crippen LogP contribution >= 0.6 is 34.8 Å². The van der Waals surface area contributed by atoms with Crippen LogP contribution in [-0.2, 0) is 9.53 Å². The fourth-order valence-corrected chi connectivity index (χ4v) is 1.40. The molecule has 0 saturated heterocycles. The number of hydrogen-bond acceptors (Lipinski definition) is 4. The zero-order valence-electron chi connectivity index (χ0n) is 8.58. The average molecular weight is 297 g/mol. The van der Waals surface area contributed by atoms with Crippen LogP contribution in [0.2, 0.25) is 15.2 Å². The van der Waals surface area contributed by atoms with Crippen molar-refractivity contribution in [1.82, 2.24) is 4.98 Å². The molecule has 17 heavy (non-hydrogen) atoms. The number of hydrogen-bond donors (Lipinski definition) is 0. The second kappa shape index (κ2) is 6.69. The molecule has 92 valence electrons. The van der Waals surface area contributed by atoms with E-state index in [9.17, 15) is 4.79 Å². The summed E-state index contributed by atoms with van der Waals surface area (Å²) in [4.78, 5) is 14.9. The summed E-state index contributed by atoms with van der Waals surface area (Å²) in [6.07, 6.45) is 1.45. The van der Waals surface area contributed by atoms with Crippen LogP contribution in [-0.4, -0.2) is 24.2 Å². The summed E-state index contributed by atoms with van der Waals surface area (Å²) < 4.78 is 9.73. The van der Waals surface area contributed by atoms with E-state index in [0.717, 1.165) is 0 Å². The van der Waals surface area contributed by atoms with Crippen molar-refractivity contribution in [1.29, 1.82) is 0 Å². The lowest BCUT2D eigenvalue weighted by Gasteiger charge is -2.07. The van der Waals surface area contributed by atoms with Gasteiger partial charge in [-0.25, -0.2) is 4.79 Å². The molecule has 7 heteroatoms. The maximum atomic E-state index is 11.1. The molecule has 0 amide bonds. The topological polar surface area (TPSA) is 48.4 Å². The molecule has 0 radical (unpaired) electrons. The van der Waals surface area contributed by atoms with Crippen LogP contribution in [0.3, 0.4) is 0 Å². The van der Waals surface area contributed by atoms with E-state index in [-0.39, 0.29) is 34.3 Å². The molecule has 0 aliphatic rings. The quantitative estimate of drug-likeness (QED) is 0.476. The standard InChI is InChI=1S/C10H8Cl3NO3/c1-2-3-16-8(15)5-17-10-7(12)4-6(11)9(13)14-10/h2,4H,1,3,5H2. The lowest BCUT2D eigenvalue weighted by molar-refractivity contribution is -0.144. The molecule has 1 aromatic rings. The third kappa shape index (κ3) is 4.42. The third-order valence-corrected chi connectivity index (χ3v) is 2.49. The fourth-order valence-electron chi connectivity index (χ4n) is 0.851. The van der Waals surface area contributed by atoms with Gasteiger partial charge < -0.3 is 9.47 Å². The molecule has 1 rings (SSSR count). The van der Waals surface area contributed by atoms with Crippen molar-refractivity contribution in [2.45, 2.75) is 0 Å². The summed E-state index contributed by atoms with van der Waals surface area (Å²) >= 11 is 17.1. The first kappa shape index (κ1) is 14.1. The van der Waals surface area contributed by atoms with Crippen LogP contribution in [0.25, 0.3) is 0 Å². The Balaban J connectivity index is 2.60. The third-order valence-electron chi connectivity index (χ3n) is 1.54. The number of esters is 1. The van der Waals surface area contributed by atoms with Gasteiger partial charge in [-0.3, -0.25) is 0 Å². The highest BCUT2D eigenvalue weighted by Crippen LogP contribution is 2.30. The maximum absolute atomic E-state index is 11.1. The van der Waals surface area contributed by atoms with Crippen molar-refractivity contribution in [3.05, 3.63) is 33.9 Å². The van der Waals surface area contributed by atoms with Crippen LogP contribution in [0.4, 0.5) is 0 Å². The summed E-state index contributed by atoms with van der Waals surface area (Å²) in [6, 6.07) is 1.38. The monoisotopic (exact) mass is 295 g/mol. The van der Waals surface area contributed by atoms with Crippen molar-refractivity contribution in [2.75, 3.05) is 13.2 Å². The van der Waals surface area contributed by atoms with Gasteiger partial charge in [-0.15, -0.1) is 0 Å². The summed E-state index contributed by atoms with van der Waals surface area (Å²) in [6.45, 7) is 3.20. The Morgan fingerprint density at radius 1 is 1.41 bits per heavy atom. The Morgan fingerprint density at radius 3 is 2.76 bits per heavy atom. The molecule has 0 unspecified atom stereocenters. The number of ether oxygens (including phenoxy) is 2. The predicted octanol–water partition coefficient (Wildman–Crippen LogP) is 3.15. The van der Waals surface area contributed by atoms with Gasteiger partial charge in [-0.05, 0) is 6.07 Å². The molecule has 0 atom stereocenters. The van der Waals surface area contributed by atoms with Gasteiger partial charge in [0.15, 0.2) is 11.8 Å². The molecule has 0 N–H and O–H groups in total. The Labute approximate surface area is 113 Å². The van der Waals surface area contributed by atoms with Crippen molar-refractivity contribution in [3.63, 3.8) is 0 Å².